The van der Waals surface area contributed by atoms with Crippen molar-refractivity contribution in [3.8, 4) is 0 Å². The van der Waals surface area contributed by atoms with Crippen LogP contribution < -0.4 is 0 Å². The standard InChI is InChI=1S/C20H24Cl2N2O2/c21-19-10-9-18(20(22)13-19)8-4-2-1-3-5-12-26-24(16-25)15-17-7-6-11-23-14-17/h6-7,9-11,13-14,16H,1-5,8,12,15H2. The first kappa shape index (κ1) is 20.7. The Bertz CT molecular complexity index is 668. The fourth-order valence-electron chi connectivity index (χ4n) is 2.64. The molecule has 0 spiro atoms. The molecule has 0 unspecified atom stereocenters. The summed E-state index contributed by atoms with van der Waals surface area (Å²) in [6.45, 7) is 0.960. The van der Waals surface area contributed by atoms with Gasteiger partial charge in [0.2, 0.25) is 6.41 Å². The average Bonchev–Trinajstić information content (AvgIpc) is 2.65. The van der Waals surface area contributed by atoms with Gasteiger partial charge < -0.3 is 0 Å². The zero-order chi connectivity index (χ0) is 18.6. The quantitative estimate of drug-likeness (QED) is 0.272. The summed E-state index contributed by atoms with van der Waals surface area (Å²) in [6, 6.07) is 9.43. The number of rotatable bonds is 12. The lowest BCUT2D eigenvalue weighted by Crippen LogP contribution is -2.22. The molecule has 26 heavy (non-hydrogen) atoms. The fourth-order valence-corrected chi connectivity index (χ4v) is 3.14. The second kappa shape index (κ2) is 11.9. The number of hydroxylamine groups is 2. The SMILES string of the molecule is O=CN(Cc1cccnc1)OCCCCCCCc1ccc(Cl)cc1Cl. The largest absolute Gasteiger partial charge is 0.276 e. The average molecular weight is 395 g/mol. The summed E-state index contributed by atoms with van der Waals surface area (Å²) >= 11 is 12.1. The maximum atomic E-state index is 11.1. The molecule has 0 saturated heterocycles. The molecule has 0 bridgehead atoms. The van der Waals surface area contributed by atoms with Crippen molar-refractivity contribution >= 4 is 29.6 Å². The van der Waals surface area contributed by atoms with Crippen molar-refractivity contribution < 1.29 is 9.63 Å². The van der Waals surface area contributed by atoms with Crippen molar-refractivity contribution in [2.45, 2.75) is 45.1 Å². The molecular weight excluding hydrogens is 371 g/mol. The smallest absolute Gasteiger partial charge is 0.233 e. The van der Waals surface area contributed by atoms with Crippen LogP contribution in [0.25, 0.3) is 0 Å². The van der Waals surface area contributed by atoms with E-state index in [9.17, 15) is 4.79 Å². The minimum atomic E-state index is 0.416. The molecule has 0 radical (unpaired) electrons. The zero-order valence-corrected chi connectivity index (χ0v) is 16.3. The molecule has 1 amide bonds. The number of aryl methyl sites for hydroxylation is 1. The highest BCUT2D eigenvalue weighted by Gasteiger charge is 2.04. The van der Waals surface area contributed by atoms with Crippen LogP contribution in [0, 0.1) is 0 Å². The second-order valence-electron chi connectivity index (χ2n) is 6.13. The van der Waals surface area contributed by atoms with Gasteiger partial charge in [0.05, 0.1) is 13.2 Å². The molecule has 2 rings (SSSR count). The number of carbonyl (C=O) groups excluding carboxylic acids is 1. The van der Waals surface area contributed by atoms with Crippen LogP contribution >= 0.6 is 23.2 Å². The topological polar surface area (TPSA) is 42.4 Å². The van der Waals surface area contributed by atoms with Gasteiger partial charge in [0, 0.05) is 22.4 Å². The number of unbranched alkanes of at least 4 members (excludes halogenated alkanes) is 4. The number of nitrogens with zero attached hydrogens (tertiary/aromatic N) is 2. The number of carbonyl (C=O) groups is 1. The first-order chi connectivity index (χ1) is 12.7. The summed E-state index contributed by atoms with van der Waals surface area (Å²) in [5.74, 6) is 0. The van der Waals surface area contributed by atoms with E-state index in [0.717, 1.165) is 54.7 Å². The predicted molar refractivity (Wildman–Crippen MR) is 105 cm³/mol. The number of aromatic nitrogens is 1. The molecule has 0 aliphatic rings. The maximum absolute atomic E-state index is 11.1. The van der Waals surface area contributed by atoms with Gasteiger partial charge >= 0.3 is 0 Å². The molecular formula is C20H24Cl2N2O2. The van der Waals surface area contributed by atoms with Gasteiger partial charge in [-0.1, -0.05) is 54.6 Å². The highest BCUT2D eigenvalue weighted by molar-refractivity contribution is 6.35. The summed E-state index contributed by atoms with van der Waals surface area (Å²) in [6.07, 6.45) is 10.5. The Kier molecular flexibility index (Phi) is 9.46. The molecule has 0 aliphatic heterocycles. The van der Waals surface area contributed by atoms with Crippen molar-refractivity contribution in [3.05, 3.63) is 63.9 Å². The summed E-state index contributed by atoms with van der Waals surface area (Å²) in [5.41, 5.74) is 2.09. The van der Waals surface area contributed by atoms with Crippen LogP contribution in [0.1, 0.15) is 43.2 Å². The molecule has 0 fully saturated rings. The van der Waals surface area contributed by atoms with Crippen molar-refractivity contribution in [3.63, 3.8) is 0 Å². The monoisotopic (exact) mass is 394 g/mol. The van der Waals surface area contributed by atoms with Crippen LogP contribution in [0.5, 0.6) is 0 Å². The van der Waals surface area contributed by atoms with Gasteiger partial charge in [-0.25, -0.2) is 5.06 Å². The number of amides is 1. The van der Waals surface area contributed by atoms with Gasteiger partial charge in [-0.3, -0.25) is 14.6 Å². The van der Waals surface area contributed by atoms with E-state index < -0.39 is 0 Å². The van der Waals surface area contributed by atoms with E-state index in [4.69, 9.17) is 28.0 Å². The van der Waals surface area contributed by atoms with Gasteiger partial charge in [0.25, 0.3) is 0 Å². The second-order valence-corrected chi connectivity index (χ2v) is 6.97. The third-order valence-electron chi connectivity index (χ3n) is 4.04. The molecule has 2 aromatic rings. The molecule has 0 aliphatic carbocycles. The lowest BCUT2D eigenvalue weighted by molar-refractivity contribution is -0.176. The summed E-state index contributed by atoms with van der Waals surface area (Å²) < 4.78 is 0. The fraction of sp³-hybridized carbons (Fsp3) is 0.400. The number of hydrogen-bond donors (Lipinski definition) is 0. The van der Waals surface area contributed by atoms with Gasteiger partial charge in [-0.05, 0) is 48.6 Å². The van der Waals surface area contributed by atoms with Crippen molar-refractivity contribution in [1.29, 1.82) is 0 Å². The van der Waals surface area contributed by atoms with E-state index >= 15 is 0 Å². The summed E-state index contributed by atoms with van der Waals surface area (Å²) in [7, 11) is 0. The molecule has 0 atom stereocenters. The lowest BCUT2D eigenvalue weighted by atomic mass is 10.1. The Balaban J connectivity index is 1.52. The van der Waals surface area contributed by atoms with Crippen LogP contribution in [0.2, 0.25) is 10.0 Å². The van der Waals surface area contributed by atoms with E-state index in [1.54, 1.807) is 18.5 Å². The maximum Gasteiger partial charge on any atom is 0.233 e. The normalized spacial score (nSPS) is 10.7. The third-order valence-corrected chi connectivity index (χ3v) is 4.63. The third kappa shape index (κ3) is 7.73. The van der Waals surface area contributed by atoms with Crippen LogP contribution in [-0.2, 0) is 22.6 Å². The van der Waals surface area contributed by atoms with E-state index in [-0.39, 0.29) is 0 Å². The number of halogens is 2. The Morgan fingerprint density at radius 3 is 2.62 bits per heavy atom. The Labute approximate surface area is 165 Å². The molecule has 4 nitrogen and oxygen atoms in total. The van der Waals surface area contributed by atoms with Gasteiger partial charge in [-0.15, -0.1) is 0 Å². The Morgan fingerprint density at radius 1 is 1.08 bits per heavy atom. The van der Waals surface area contributed by atoms with E-state index in [1.165, 1.54) is 5.06 Å². The summed E-state index contributed by atoms with van der Waals surface area (Å²) in [4.78, 5) is 20.6. The van der Waals surface area contributed by atoms with Crippen LogP contribution in [0.4, 0.5) is 0 Å². The molecule has 1 heterocycles. The minimum absolute atomic E-state index is 0.416. The number of benzene rings is 1. The van der Waals surface area contributed by atoms with Gasteiger partial charge in [0.1, 0.15) is 0 Å². The van der Waals surface area contributed by atoms with Crippen LogP contribution in [-0.4, -0.2) is 23.1 Å². The molecule has 0 saturated carbocycles. The Morgan fingerprint density at radius 2 is 1.88 bits per heavy atom. The molecule has 1 aromatic carbocycles. The van der Waals surface area contributed by atoms with E-state index in [1.807, 2.05) is 24.3 Å². The molecule has 140 valence electrons. The van der Waals surface area contributed by atoms with Gasteiger partial charge in [0.15, 0.2) is 0 Å². The Hall–Kier alpha value is -1.62. The van der Waals surface area contributed by atoms with Crippen molar-refractivity contribution in [2.24, 2.45) is 0 Å². The first-order valence-electron chi connectivity index (χ1n) is 8.86. The summed E-state index contributed by atoms with van der Waals surface area (Å²) in [5, 5.41) is 2.74. The van der Waals surface area contributed by atoms with Crippen LogP contribution in [0.3, 0.4) is 0 Å². The molecule has 0 N–H and O–H groups in total. The lowest BCUT2D eigenvalue weighted by Gasteiger charge is -2.16. The number of hydrogen-bond acceptors (Lipinski definition) is 3. The van der Waals surface area contributed by atoms with Gasteiger partial charge in [-0.2, -0.15) is 0 Å². The predicted octanol–water partition coefficient (Wildman–Crippen LogP) is 5.47. The van der Waals surface area contributed by atoms with E-state index in [2.05, 4.69) is 4.98 Å². The number of pyridine rings is 1. The molecule has 6 heteroatoms. The van der Waals surface area contributed by atoms with Crippen molar-refractivity contribution in [1.82, 2.24) is 10.0 Å². The zero-order valence-electron chi connectivity index (χ0n) is 14.7. The van der Waals surface area contributed by atoms with E-state index in [0.29, 0.717) is 24.6 Å². The first-order valence-corrected chi connectivity index (χ1v) is 9.62. The highest BCUT2D eigenvalue weighted by atomic mass is 35.5. The van der Waals surface area contributed by atoms with Crippen molar-refractivity contribution in [2.75, 3.05) is 6.61 Å². The van der Waals surface area contributed by atoms with Crippen LogP contribution in [0.15, 0.2) is 42.7 Å². The highest BCUT2D eigenvalue weighted by Crippen LogP contribution is 2.22. The minimum Gasteiger partial charge on any atom is -0.276 e. The molecule has 1 aromatic heterocycles.